The molecule has 0 saturated heterocycles. The molecule has 0 aliphatic rings. The normalized spacial score (nSPS) is 26.8. The van der Waals surface area contributed by atoms with Crippen LogP contribution < -0.4 is 5.72 Å². The van der Waals surface area contributed by atoms with Gasteiger partial charge in [-0.1, -0.05) is 6.90 Å². The topological polar surface area (TPSA) is 26.0 Å². The van der Waals surface area contributed by atoms with Gasteiger partial charge in [0.1, 0.15) is 2.82 Å². The first-order chi connectivity index (χ1) is 3.50. The average molecular weight is 86.6 g/mol. The maximum absolute atomic E-state index is 6.66. The second-order valence-corrected chi connectivity index (χ2v) is 0.158. The smallest absolute Gasteiger partial charge is 0.118 e. The highest BCUT2D eigenvalue weighted by Gasteiger charge is 1.32. The Labute approximate surface area is 39.7 Å². The Morgan fingerprint density at radius 3 is 3.50 bits per heavy atom. The van der Waals surface area contributed by atoms with E-state index >= 15 is 0 Å². The van der Waals surface area contributed by atoms with Gasteiger partial charge in [0.15, 0.2) is 0 Å². The van der Waals surface area contributed by atoms with Crippen LogP contribution in [0.2, 0.25) is 2.82 Å². The van der Waals surface area contributed by atoms with Crippen LogP contribution >= 0.6 is 12.4 Å². The van der Waals surface area contributed by atoms with Gasteiger partial charge in [-0.3, -0.25) is 0 Å². The number of hydrogen-bond acceptors (Lipinski definition) is 1. The van der Waals surface area contributed by atoms with Gasteiger partial charge in [-0.25, -0.2) is 0 Å². The molecule has 4 heavy (non-hydrogen) atoms. The van der Waals surface area contributed by atoms with Crippen LogP contribution in [-0.4, -0.2) is 6.50 Å². The molecule has 0 aliphatic heterocycles. The van der Waals surface area contributed by atoms with Crippen molar-refractivity contribution in [3.05, 3.63) is 0 Å². The second-order valence-electron chi connectivity index (χ2n) is 0.158. The zero-order valence-corrected chi connectivity index (χ0v) is 2.88. The van der Waals surface area contributed by atoms with Crippen LogP contribution in [-0.2, 0) is 0 Å². The third-order valence-corrected chi connectivity index (χ3v) is 0. The van der Waals surface area contributed by atoms with E-state index in [0.717, 1.165) is 0 Å². The van der Waals surface area contributed by atoms with Gasteiger partial charge in [-0.2, -0.15) is 0 Å². The van der Waals surface area contributed by atoms with Crippen molar-refractivity contribution in [2.45, 2.75) is 6.90 Å². The largest absolute Gasteiger partial charge is 0.331 e. The molecule has 0 atom stereocenters. The van der Waals surface area contributed by atoms with Crippen LogP contribution in [0.25, 0.3) is 0 Å². The molecule has 2 N–H and O–H groups in total. The van der Waals surface area contributed by atoms with E-state index in [1.807, 2.05) is 0 Å². The maximum Gasteiger partial charge on any atom is 0.118 e. The minimum atomic E-state index is -2.12. The molecule has 0 saturated carbocycles. The lowest BCUT2D eigenvalue weighted by atomic mass is 10.8. The fourth-order valence-corrected chi connectivity index (χ4v) is 0. The Hall–Kier alpha value is 0.250. The fourth-order valence-electron chi connectivity index (χ4n) is 0. The van der Waals surface area contributed by atoms with Crippen molar-refractivity contribution >= 4 is 12.4 Å². The highest BCUT2D eigenvalue weighted by molar-refractivity contribution is 5.85. The molecule has 0 aliphatic carbocycles. The Morgan fingerprint density at radius 2 is 3.50 bits per heavy atom. The number of hydrogen-bond donors (Lipinski definition) is 1. The molecule has 2 heteroatoms. The molecule has 0 bridgehead atoms. The summed E-state index contributed by atoms with van der Waals surface area (Å²) in [5.41, 5.74) is -0.111. The Bertz CT molecular complexity index is 75.4. The molecular formula is C2H8ClN. The van der Waals surface area contributed by atoms with E-state index in [4.69, 9.17) is 6.94 Å². The van der Waals surface area contributed by atoms with Crippen molar-refractivity contribution in [2.24, 2.45) is 5.72 Å². The lowest BCUT2D eigenvalue weighted by Gasteiger charge is -1.53. The molecule has 0 amide bonds. The molecule has 0 spiro atoms. The molecule has 0 rings (SSSR count). The van der Waals surface area contributed by atoms with Gasteiger partial charge in [-0.05, 0) is 6.50 Å². The molecule has 0 unspecified atom stereocenters. The Kier molecular flexibility index (Phi) is 2.25. The van der Waals surface area contributed by atoms with Crippen LogP contribution in [0.3, 0.4) is 0 Å². The van der Waals surface area contributed by atoms with Crippen LogP contribution in [0.5, 0.6) is 0 Å². The van der Waals surface area contributed by atoms with E-state index < -0.39 is 13.4 Å². The van der Waals surface area contributed by atoms with Crippen molar-refractivity contribution in [3.8, 4) is 0 Å². The molecule has 0 heterocycles. The monoisotopic (exact) mass is 86.1 g/mol. The lowest BCUT2D eigenvalue weighted by molar-refractivity contribution is 1.14. The number of rotatable bonds is 1. The van der Waals surface area contributed by atoms with Crippen LogP contribution in [0.1, 0.15) is 11.0 Å². The van der Waals surface area contributed by atoms with Gasteiger partial charge in [0.05, 0.1) is 0 Å². The first-order valence-electron chi connectivity index (χ1n) is 3.18. The molecule has 1 nitrogen and oxygen atoms in total. The third kappa shape index (κ3) is 56.3. The summed E-state index contributed by atoms with van der Waals surface area (Å²) in [7, 11) is 0. The number of nitrogens with two attached hydrogens (primary N) is 1. The molecule has 0 fully saturated rings. The van der Waals surface area contributed by atoms with Gasteiger partial charge < -0.3 is 5.72 Å². The first kappa shape index (κ1) is 0.854. The van der Waals surface area contributed by atoms with E-state index in [2.05, 4.69) is 0 Å². The summed E-state index contributed by atoms with van der Waals surface area (Å²) in [6.07, 6.45) is 0. The van der Waals surface area contributed by atoms with Gasteiger partial charge in [0.25, 0.3) is 0 Å². The van der Waals surface area contributed by atoms with Crippen LogP contribution in [0.4, 0.5) is 0 Å². The number of halogens is 1. The minimum Gasteiger partial charge on any atom is -0.331 e. The van der Waals surface area contributed by atoms with Crippen molar-refractivity contribution in [1.82, 2.24) is 0 Å². The van der Waals surface area contributed by atoms with E-state index in [1.54, 1.807) is 0 Å². The van der Waals surface area contributed by atoms with E-state index in [9.17, 15) is 0 Å². The van der Waals surface area contributed by atoms with Crippen molar-refractivity contribution in [2.75, 3.05) is 6.50 Å². The summed E-state index contributed by atoms with van der Waals surface area (Å²) in [5.74, 6) is 0. The molecule has 0 aromatic heterocycles. The van der Waals surface area contributed by atoms with Crippen LogP contribution in [0, 0.1) is 0 Å². The fraction of sp³-hybridized carbons (Fsp3) is 1.00. The second kappa shape index (κ2) is 10.5. The SMILES string of the molecule is Cl.[2H]CC([2H])([2H])N([2H])[2H]. The molecular weight excluding hydrogens is 73.5 g/mol. The molecule has 0 radical (unpaired) electrons. The van der Waals surface area contributed by atoms with E-state index in [-0.39, 0.29) is 18.1 Å². The Balaban J connectivity index is 0. The zero-order valence-electron chi connectivity index (χ0n) is 7.06. The summed E-state index contributed by atoms with van der Waals surface area (Å²) >= 11 is 0. The molecule has 0 aromatic carbocycles. The van der Waals surface area contributed by atoms with Gasteiger partial charge in [0, 0.05) is 4.11 Å². The first-order valence-corrected chi connectivity index (χ1v) is 0.577. The quantitative estimate of drug-likeness (QED) is 0.491. The highest BCUT2D eigenvalue weighted by Crippen LogP contribution is 1.20. The summed E-state index contributed by atoms with van der Waals surface area (Å²) in [4.78, 5) is 0. The Morgan fingerprint density at radius 1 is 2.75 bits per heavy atom. The standard InChI is InChI=1S/C2H7N.ClH/c1-2-3;/h2-3H2,1H3;1H/i1D,2D2;/hD2. The van der Waals surface area contributed by atoms with E-state index in [0.29, 0.717) is 0 Å². The molecule has 28 valence electrons. The van der Waals surface area contributed by atoms with Crippen molar-refractivity contribution in [1.29, 1.82) is 0 Å². The van der Waals surface area contributed by atoms with Gasteiger partial charge in [-0.15, -0.1) is 12.4 Å². The minimum absolute atomic E-state index is 0. The maximum atomic E-state index is 6.66. The summed E-state index contributed by atoms with van der Waals surface area (Å²) in [6.45, 7) is -2.71. The summed E-state index contributed by atoms with van der Waals surface area (Å²) in [5, 5.41) is 0. The third-order valence-electron chi connectivity index (χ3n) is 0. The van der Waals surface area contributed by atoms with Gasteiger partial charge in [0.2, 0.25) is 0 Å². The highest BCUT2D eigenvalue weighted by atomic mass is 35.5. The lowest BCUT2D eigenvalue weighted by Crippen LogP contribution is -1.87. The summed E-state index contributed by atoms with van der Waals surface area (Å²) in [6, 6.07) is 0. The molecule has 0 aromatic rings. The van der Waals surface area contributed by atoms with E-state index in [1.165, 1.54) is 0 Å². The predicted octanol–water partition coefficient (Wildman–Crippen LogP) is 0.387. The van der Waals surface area contributed by atoms with Crippen molar-refractivity contribution < 1.29 is 6.94 Å². The predicted molar refractivity (Wildman–Crippen MR) is 22.0 cm³/mol. The summed E-state index contributed by atoms with van der Waals surface area (Å²) < 4.78 is 32.6. The zero-order chi connectivity index (χ0) is 6.78. The average Bonchev–Trinajstić information content (AvgIpc) is 1.67. The van der Waals surface area contributed by atoms with Crippen LogP contribution in [0.15, 0.2) is 0 Å². The van der Waals surface area contributed by atoms with Crippen molar-refractivity contribution in [3.63, 3.8) is 0 Å². The van der Waals surface area contributed by atoms with Gasteiger partial charge >= 0.3 is 0 Å².